The lowest BCUT2D eigenvalue weighted by Gasteiger charge is -2.09. The van der Waals surface area contributed by atoms with E-state index < -0.39 is 5.97 Å². The van der Waals surface area contributed by atoms with Crippen LogP contribution in [0.5, 0.6) is 11.6 Å². The number of carbonyl (C=O) groups is 1. The van der Waals surface area contributed by atoms with E-state index >= 15 is 0 Å². The summed E-state index contributed by atoms with van der Waals surface area (Å²) in [7, 11) is 1.61. The minimum Gasteiger partial charge on any atom is -0.478 e. The number of aromatic nitrogens is 1. The lowest BCUT2D eigenvalue weighted by molar-refractivity contribution is 0.0696. The Morgan fingerprint density at radius 3 is 2.85 bits per heavy atom. The van der Waals surface area contributed by atoms with Gasteiger partial charge in [0.25, 0.3) is 0 Å². The summed E-state index contributed by atoms with van der Waals surface area (Å²) in [5.74, 6) is -0.357. The molecule has 2 aromatic rings. The highest BCUT2D eigenvalue weighted by molar-refractivity contribution is 5.88. The molecule has 2 rings (SSSR count). The zero-order chi connectivity index (χ0) is 14.5. The fraction of sp³-hybridized carbons (Fsp3) is 0.143. The molecule has 1 aromatic heterocycles. The molecule has 0 radical (unpaired) electrons. The van der Waals surface area contributed by atoms with E-state index in [4.69, 9.17) is 20.3 Å². The fourth-order valence-electron chi connectivity index (χ4n) is 1.65. The van der Waals surface area contributed by atoms with Crippen LogP contribution in [0.3, 0.4) is 0 Å². The van der Waals surface area contributed by atoms with E-state index in [1.165, 1.54) is 12.3 Å². The molecule has 3 N–H and O–H groups in total. The SMILES string of the molecule is COCc1cccc(Oc2ncc(C(=O)O)cc2N)c1. The number of hydrogen-bond donors (Lipinski definition) is 2. The van der Waals surface area contributed by atoms with Gasteiger partial charge in [-0.15, -0.1) is 0 Å². The van der Waals surface area contributed by atoms with Crippen LogP contribution < -0.4 is 10.5 Å². The summed E-state index contributed by atoms with van der Waals surface area (Å²) in [6.45, 7) is 0.470. The first kappa shape index (κ1) is 13.8. The van der Waals surface area contributed by atoms with Gasteiger partial charge in [-0.1, -0.05) is 12.1 Å². The second kappa shape index (κ2) is 6.03. The van der Waals surface area contributed by atoms with Crippen molar-refractivity contribution in [3.63, 3.8) is 0 Å². The van der Waals surface area contributed by atoms with E-state index in [9.17, 15) is 4.79 Å². The molecule has 6 nitrogen and oxygen atoms in total. The quantitative estimate of drug-likeness (QED) is 0.868. The van der Waals surface area contributed by atoms with Gasteiger partial charge in [-0.3, -0.25) is 0 Å². The van der Waals surface area contributed by atoms with Crippen molar-refractivity contribution in [3.8, 4) is 11.6 Å². The highest BCUT2D eigenvalue weighted by Gasteiger charge is 2.09. The van der Waals surface area contributed by atoms with E-state index in [2.05, 4.69) is 4.98 Å². The number of methoxy groups -OCH3 is 1. The van der Waals surface area contributed by atoms with E-state index in [1.54, 1.807) is 19.2 Å². The van der Waals surface area contributed by atoms with Gasteiger partial charge in [-0.25, -0.2) is 9.78 Å². The summed E-state index contributed by atoms with van der Waals surface area (Å²) < 4.78 is 10.6. The summed E-state index contributed by atoms with van der Waals surface area (Å²) in [5.41, 5.74) is 6.86. The number of hydrogen-bond acceptors (Lipinski definition) is 5. The van der Waals surface area contributed by atoms with Crippen LogP contribution in [-0.2, 0) is 11.3 Å². The minimum atomic E-state index is -1.09. The highest BCUT2D eigenvalue weighted by Crippen LogP contribution is 2.26. The average Bonchev–Trinajstić information content (AvgIpc) is 2.42. The fourth-order valence-corrected chi connectivity index (χ4v) is 1.65. The molecule has 0 atom stereocenters. The van der Waals surface area contributed by atoms with Crippen molar-refractivity contribution in [2.45, 2.75) is 6.61 Å². The molecule has 0 bridgehead atoms. The Hall–Kier alpha value is -2.60. The summed E-state index contributed by atoms with van der Waals surface area (Å²) in [5, 5.41) is 8.84. The van der Waals surface area contributed by atoms with Crippen molar-refractivity contribution < 1.29 is 19.4 Å². The number of nitrogens with zero attached hydrogens (tertiary/aromatic N) is 1. The van der Waals surface area contributed by atoms with Gasteiger partial charge in [0.15, 0.2) is 0 Å². The second-order valence-corrected chi connectivity index (χ2v) is 4.11. The van der Waals surface area contributed by atoms with Crippen molar-refractivity contribution >= 4 is 11.7 Å². The Morgan fingerprint density at radius 2 is 2.20 bits per heavy atom. The zero-order valence-electron chi connectivity index (χ0n) is 10.9. The molecule has 0 aliphatic heterocycles. The Labute approximate surface area is 115 Å². The monoisotopic (exact) mass is 274 g/mol. The lowest BCUT2D eigenvalue weighted by Crippen LogP contribution is -2.02. The molecule has 0 saturated heterocycles. The number of ether oxygens (including phenoxy) is 2. The van der Waals surface area contributed by atoms with Crippen LogP contribution in [-0.4, -0.2) is 23.2 Å². The molecule has 0 aliphatic carbocycles. The average molecular weight is 274 g/mol. The molecule has 0 saturated carbocycles. The molecule has 1 heterocycles. The molecule has 0 fully saturated rings. The van der Waals surface area contributed by atoms with Crippen molar-refractivity contribution in [2.24, 2.45) is 0 Å². The van der Waals surface area contributed by atoms with Crippen LogP contribution in [0.15, 0.2) is 36.5 Å². The smallest absolute Gasteiger partial charge is 0.337 e. The van der Waals surface area contributed by atoms with Crippen LogP contribution >= 0.6 is 0 Å². The molecule has 1 aromatic carbocycles. The van der Waals surface area contributed by atoms with Crippen LogP contribution in [0.1, 0.15) is 15.9 Å². The number of benzene rings is 1. The number of carboxylic acid groups (broad SMARTS) is 1. The summed E-state index contributed by atoms with van der Waals surface area (Å²) in [6, 6.07) is 8.59. The first-order chi connectivity index (χ1) is 9.60. The molecular weight excluding hydrogens is 260 g/mol. The predicted octanol–water partition coefficient (Wildman–Crippen LogP) is 2.30. The molecule has 0 aliphatic rings. The Balaban J connectivity index is 2.21. The van der Waals surface area contributed by atoms with Gasteiger partial charge >= 0.3 is 5.97 Å². The van der Waals surface area contributed by atoms with E-state index in [1.807, 2.05) is 12.1 Å². The van der Waals surface area contributed by atoms with Gasteiger partial charge in [-0.2, -0.15) is 0 Å². The number of anilines is 1. The first-order valence-electron chi connectivity index (χ1n) is 5.84. The summed E-state index contributed by atoms with van der Waals surface area (Å²) >= 11 is 0. The number of aromatic carboxylic acids is 1. The van der Waals surface area contributed by atoms with Crippen molar-refractivity contribution in [3.05, 3.63) is 47.7 Å². The summed E-state index contributed by atoms with van der Waals surface area (Å²) in [4.78, 5) is 14.7. The second-order valence-electron chi connectivity index (χ2n) is 4.11. The van der Waals surface area contributed by atoms with Crippen LogP contribution in [0.25, 0.3) is 0 Å². The lowest BCUT2D eigenvalue weighted by atomic mass is 10.2. The van der Waals surface area contributed by atoms with Gasteiger partial charge in [-0.05, 0) is 23.8 Å². The molecular formula is C14H14N2O4. The van der Waals surface area contributed by atoms with Gasteiger partial charge in [0, 0.05) is 13.3 Å². The van der Waals surface area contributed by atoms with E-state index in [0.717, 1.165) is 5.56 Å². The van der Waals surface area contributed by atoms with E-state index in [0.29, 0.717) is 12.4 Å². The van der Waals surface area contributed by atoms with Crippen LogP contribution in [0.2, 0.25) is 0 Å². The normalized spacial score (nSPS) is 10.2. The first-order valence-corrected chi connectivity index (χ1v) is 5.84. The molecule has 0 amide bonds. The van der Waals surface area contributed by atoms with Crippen molar-refractivity contribution in [1.82, 2.24) is 4.98 Å². The van der Waals surface area contributed by atoms with Gasteiger partial charge < -0.3 is 20.3 Å². The number of pyridine rings is 1. The van der Waals surface area contributed by atoms with Gasteiger partial charge in [0.2, 0.25) is 5.88 Å². The van der Waals surface area contributed by atoms with Crippen molar-refractivity contribution in [1.29, 1.82) is 0 Å². The Kier molecular flexibility index (Phi) is 4.17. The molecule has 20 heavy (non-hydrogen) atoms. The highest BCUT2D eigenvalue weighted by atomic mass is 16.5. The third-order valence-corrected chi connectivity index (χ3v) is 2.55. The van der Waals surface area contributed by atoms with Gasteiger partial charge in [0.1, 0.15) is 5.75 Å². The number of carboxylic acids is 1. The van der Waals surface area contributed by atoms with Crippen LogP contribution in [0.4, 0.5) is 5.69 Å². The zero-order valence-corrected chi connectivity index (χ0v) is 10.9. The van der Waals surface area contributed by atoms with Crippen molar-refractivity contribution in [2.75, 3.05) is 12.8 Å². The number of rotatable bonds is 5. The predicted molar refractivity (Wildman–Crippen MR) is 72.8 cm³/mol. The summed E-state index contributed by atoms with van der Waals surface area (Å²) in [6.07, 6.45) is 1.20. The minimum absolute atomic E-state index is 0.0167. The topological polar surface area (TPSA) is 94.7 Å². The third kappa shape index (κ3) is 3.24. The Morgan fingerprint density at radius 1 is 1.40 bits per heavy atom. The van der Waals surface area contributed by atoms with E-state index in [-0.39, 0.29) is 17.1 Å². The molecule has 6 heteroatoms. The largest absolute Gasteiger partial charge is 0.478 e. The molecule has 104 valence electrons. The molecule has 0 spiro atoms. The maximum atomic E-state index is 10.8. The van der Waals surface area contributed by atoms with Crippen LogP contribution in [0, 0.1) is 0 Å². The maximum absolute atomic E-state index is 10.8. The standard InChI is InChI=1S/C14H14N2O4/c1-19-8-9-3-2-4-11(5-9)20-13-12(15)6-10(7-16-13)14(17)18/h2-7H,8,15H2,1H3,(H,17,18). The van der Waals surface area contributed by atoms with Gasteiger partial charge in [0.05, 0.1) is 17.9 Å². The number of nitrogen functional groups attached to an aromatic ring is 1. The maximum Gasteiger partial charge on any atom is 0.337 e. The third-order valence-electron chi connectivity index (χ3n) is 2.55. The number of nitrogens with two attached hydrogens (primary N) is 1. The molecule has 0 unspecified atom stereocenters. The Bertz CT molecular complexity index is 628.